The number of hydrogen-bond donors (Lipinski definition) is 3. The van der Waals surface area contributed by atoms with E-state index in [1.807, 2.05) is 5.32 Å². The Morgan fingerprint density at radius 2 is 2.62 bits per heavy atom. The van der Waals surface area contributed by atoms with Crippen LogP contribution in [0.4, 0.5) is 4.79 Å². The summed E-state index contributed by atoms with van der Waals surface area (Å²) in [5, 5.41) is 7.46. The van der Waals surface area contributed by atoms with E-state index in [-0.39, 0.29) is 17.1 Å². The first kappa shape index (κ1) is 3.54. The van der Waals surface area contributed by atoms with Gasteiger partial charge in [-0.3, -0.25) is 4.79 Å². The summed E-state index contributed by atoms with van der Waals surface area (Å²) in [7, 11) is 0. The average molecular weight is 257 g/mol. The molecule has 0 aromatic rings. The number of thioether (sulfide) groups is 1. The Balaban J connectivity index is 2.69. The third-order valence-corrected chi connectivity index (χ3v) is 2.58. The van der Waals surface area contributed by atoms with Crippen LogP contribution >= 0.6 is 11.8 Å². The zero-order valence-corrected chi connectivity index (χ0v) is 8.51. The van der Waals surface area contributed by atoms with Crippen molar-refractivity contribution in [2.45, 2.75) is 42.8 Å². The smallest absolute Gasteiger partial charge is 0.315 e. The van der Waals surface area contributed by atoms with E-state index in [4.69, 9.17) is 23.0 Å². The predicted octanol–water partition coefficient (Wildman–Crippen LogP) is 0.797. The second-order valence-electron chi connectivity index (χ2n) is 2.75. The van der Waals surface area contributed by atoms with Gasteiger partial charge in [0, 0.05) is 32.4 Å². The van der Waals surface area contributed by atoms with Crippen molar-refractivity contribution in [3.05, 3.63) is 0 Å². The fraction of sp³-hybridized carbons (Fsp3) is 0.800. The lowest BCUT2D eigenvalue weighted by Gasteiger charge is -2.16. The van der Waals surface area contributed by atoms with Gasteiger partial charge in [-0.2, -0.15) is 11.8 Å². The van der Waals surface area contributed by atoms with Gasteiger partial charge >= 0.3 is 12.0 Å². The topological polar surface area (TPSA) is 78.4 Å². The lowest BCUT2D eigenvalue weighted by molar-refractivity contribution is -0.137. The molecule has 2 rings (SSSR count). The maximum Gasteiger partial charge on any atom is 0.315 e. The summed E-state index contributed by atoms with van der Waals surface area (Å²) in [5.74, 6) is -2.43. The first-order chi connectivity index (χ1) is 12.6. The molecular formula is C10H16N2O3S. The summed E-state index contributed by atoms with van der Waals surface area (Å²) < 4.78 is 102. The molecule has 5 nitrogen and oxygen atoms in total. The summed E-state index contributed by atoms with van der Waals surface area (Å²) >= 11 is -0.280. The van der Waals surface area contributed by atoms with Crippen molar-refractivity contribution in [1.82, 2.24) is 10.6 Å². The van der Waals surface area contributed by atoms with Crippen molar-refractivity contribution < 1.29 is 32.6 Å². The summed E-state index contributed by atoms with van der Waals surface area (Å²) in [6.45, 7) is 0. The van der Waals surface area contributed by atoms with Crippen molar-refractivity contribution >= 4 is 23.8 Å². The van der Waals surface area contributed by atoms with Gasteiger partial charge in [0.15, 0.2) is 1.41 Å². The maximum atomic E-state index is 11.8. The number of nitrogens with one attached hydrogen (secondary N) is 2. The number of amides is 2. The molecule has 90 valence electrons. The first-order valence-corrected chi connectivity index (χ1v) is 4.92. The highest BCUT2D eigenvalue weighted by Gasteiger charge is 2.42. The first-order valence-electron chi connectivity index (χ1n) is 10.6. The normalized spacial score (nSPS) is 60.5. The van der Waals surface area contributed by atoms with Gasteiger partial charge in [-0.1, -0.05) is 6.37 Å². The minimum atomic E-state index is -4.08. The molecule has 2 aliphatic rings. The molecule has 0 spiro atoms. The van der Waals surface area contributed by atoms with E-state index < -0.39 is 60.5 Å². The molecule has 0 aromatic heterocycles. The molecule has 0 radical (unpaired) electrons. The van der Waals surface area contributed by atoms with Crippen LogP contribution in [0, 0.1) is 0 Å². The molecule has 2 amide bonds. The highest BCUT2D eigenvalue weighted by atomic mass is 32.2. The molecule has 16 heavy (non-hydrogen) atoms. The molecule has 0 aliphatic carbocycles. The molecule has 2 heterocycles. The molecule has 0 bridgehead atoms. The van der Waals surface area contributed by atoms with E-state index in [0.717, 1.165) is 0 Å². The van der Waals surface area contributed by atoms with Crippen LogP contribution in [0.5, 0.6) is 0 Å². The van der Waals surface area contributed by atoms with Gasteiger partial charge < -0.3 is 15.7 Å². The Hall–Kier alpha value is -0.910. The fourth-order valence-electron chi connectivity index (χ4n) is 1.11. The number of carbonyl (C=O) groups excluding carboxylic acids is 1. The summed E-state index contributed by atoms with van der Waals surface area (Å²) in [6.07, 6.45) is -16.0. The molecule has 2 fully saturated rings. The Labute approximate surface area is 117 Å². The second-order valence-corrected chi connectivity index (χ2v) is 3.60. The molecule has 6 heteroatoms. The number of rotatable bonds is 5. The number of hydrogen-bond acceptors (Lipinski definition) is 3. The SMILES string of the molecule is [2H]N1C(=O)N[C@H]2[C@]1([2H])C([2H])([2H])S[C@@]2([2H])C([2H])([2H])C([2H])([2H])C([2H])([2H])C([2H])([2H])C(=O)O. The summed E-state index contributed by atoms with van der Waals surface area (Å²) in [5.41, 5.74) is -3.00. The molecular weight excluding hydrogens is 228 g/mol. The molecule has 0 saturated carbocycles. The fourth-order valence-corrected chi connectivity index (χ4v) is 1.88. The van der Waals surface area contributed by atoms with Crippen LogP contribution in [0.1, 0.15) is 41.9 Å². The second kappa shape index (κ2) is 4.95. The summed E-state index contributed by atoms with van der Waals surface area (Å²) in [6, 6.07) is -6.46. The number of aliphatic carboxylic acids is 1. The highest BCUT2D eigenvalue weighted by Crippen LogP contribution is 2.33. The van der Waals surface area contributed by atoms with Crippen LogP contribution in [0.15, 0.2) is 0 Å². The van der Waals surface area contributed by atoms with Crippen molar-refractivity contribution in [3.63, 3.8) is 0 Å². The van der Waals surface area contributed by atoms with Gasteiger partial charge in [0.2, 0.25) is 0 Å². The van der Waals surface area contributed by atoms with E-state index >= 15 is 0 Å². The van der Waals surface area contributed by atoms with Crippen LogP contribution in [-0.2, 0) is 4.79 Å². The van der Waals surface area contributed by atoms with Gasteiger partial charge in [0.05, 0.1) is 13.4 Å². The van der Waals surface area contributed by atoms with Crippen molar-refractivity contribution in [2.75, 3.05) is 5.70 Å². The third-order valence-electron chi connectivity index (χ3n) is 1.71. The van der Waals surface area contributed by atoms with Crippen LogP contribution in [0.2, 0.25) is 1.41 Å². The van der Waals surface area contributed by atoms with Gasteiger partial charge in [0.25, 0.3) is 0 Å². The van der Waals surface area contributed by atoms with Crippen molar-refractivity contribution in [2.24, 2.45) is 0 Å². The van der Waals surface area contributed by atoms with Gasteiger partial charge in [-0.15, -0.1) is 0 Å². The molecule has 0 aromatic carbocycles. The lowest BCUT2D eigenvalue weighted by Crippen LogP contribution is -2.36. The minimum absolute atomic E-state index is 0.169. The van der Waals surface area contributed by atoms with Gasteiger partial charge in [-0.25, -0.2) is 4.79 Å². The number of fused-ring (bicyclic) bond motifs is 1. The van der Waals surface area contributed by atoms with Crippen molar-refractivity contribution in [1.29, 1.82) is 0 Å². The van der Waals surface area contributed by atoms with E-state index in [1.165, 1.54) is 0 Å². The zero-order chi connectivity index (χ0) is 23.2. The monoisotopic (exact) mass is 257 g/mol. The van der Waals surface area contributed by atoms with E-state index in [2.05, 4.69) is 0 Å². The Kier molecular flexibility index (Phi) is 1.09. The summed E-state index contributed by atoms with van der Waals surface area (Å²) in [4.78, 5) is 22.9. The number of carbonyl (C=O) groups is 2. The van der Waals surface area contributed by atoms with E-state index in [1.54, 1.807) is 0 Å². The van der Waals surface area contributed by atoms with Crippen LogP contribution < -0.4 is 10.6 Å². The Morgan fingerprint density at radius 3 is 3.38 bits per heavy atom. The highest BCUT2D eigenvalue weighted by molar-refractivity contribution is 8.00. The van der Waals surface area contributed by atoms with E-state index in [0.29, 0.717) is 0 Å². The number of carboxylic acid groups (broad SMARTS) is 1. The van der Waals surface area contributed by atoms with Crippen LogP contribution in [0.25, 0.3) is 0 Å². The van der Waals surface area contributed by atoms with Gasteiger partial charge in [-0.05, 0) is 12.7 Å². The third kappa shape index (κ3) is 2.61. The lowest BCUT2D eigenvalue weighted by atomic mass is 10.0. The zero-order valence-electron chi connectivity index (χ0n) is 20.7. The van der Waals surface area contributed by atoms with Gasteiger partial charge in [0.1, 0.15) is 0 Å². The molecule has 3 N–H and O–H groups in total. The minimum Gasteiger partial charge on any atom is -0.481 e. The standard InChI is InChI=1S/C10H16N2O3S/c13-8(14)4-2-1-3-7-9-6(5-16-7)11-10(15)12-9/h6-7,9H,1-5H2,(H,13,14)(H2,11,12,15)/t6-,7-,9-/m0/s1/i1D2,2D2,3D2,4D2,5D2,6D,7D/hD. The molecule has 3 atom stereocenters. The van der Waals surface area contributed by atoms with Crippen LogP contribution in [-0.4, -0.2) is 40.1 Å². The van der Waals surface area contributed by atoms with Crippen molar-refractivity contribution in [3.8, 4) is 0 Å². The largest absolute Gasteiger partial charge is 0.481 e. The molecule has 0 unspecified atom stereocenters. The predicted molar refractivity (Wildman–Crippen MR) is 61.6 cm³/mol. The molecule has 2 saturated heterocycles. The maximum absolute atomic E-state index is 11.8. The Morgan fingerprint density at radius 1 is 1.81 bits per heavy atom. The quantitative estimate of drug-likeness (QED) is 0.637. The van der Waals surface area contributed by atoms with E-state index in [9.17, 15) is 9.59 Å². The Bertz CT molecular complexity index is 763. The number of carboxylic acids is 1. The van der Waals surface area contributed by atoms with Crippen LogP contribution in [0.3, 0.4) is 0 Å². The number of urea groups is 1. The molecule has 2 aliphatic heterocycles. The average Bonchev–Trinajstić information content (AvgIpc) is 2.87.